The number of amides is 1. The number of carbonyl (C=O) groups excluding carboxylic acids is 1. The summed E-state index contributed by atoms with van der Waals surface area (Å²) in [6, 6.07) is 5.48. The summed E-state index contributed by atoms with van der Waals surface area (Å²) in [5.41, 5.74) is 0.985. The van der Waals surface area contributed by atoms with Gasteiger partial charge in [-0.1, -0.05) is 17.7 Å². The van der Waals surface area contributed by atoms with Crippen molar-refractivity contribution in [1.29, 1.82) is 0 Å². The number of aryl methyl sites for hydroxylation is 1. The average molecular weight is 389 g/mol. The van der Waals surface area contributed by atoms with E-state index in [1.54, 1.807) is 13.0 Å². The van der Waals surface area contributed by atoms with Gasteiger partial charge in [0.2, 0.25) is 15.9 Å². The molecule has 1 fully saturated rings. The number of carbonyl (C=O) groups is 1. The molecule has 6 nitrogen and oxygen atoms in total. The largest absolute Gasteiger partial charge is 0.492 e. The van der Waals surface area contributed by atoms with Crippen LogP contribution in [-0.4, -0.2) is 50.6 Å². The number of nitrogens with one attached hydrogen (secondary N) is 1. The summed E-state index contributed by atoms with van der Waals surface area (Å²) >= 11 is 6.04. The third kappa shape index (κ3) is 5.59. The van der Waals surface area contributed by atoms with Gasteiger partial charge in [0.15, 0.2) is 0 Å². The summed E-state index contributed by atoms with van der Waals surface area (Å²) in [5, 5.41) is 3.50. The fourth-order valence-corrected chi connectivity index (χ4v) is 4.03. The Morgan fingerprint density at radius 1 is 1.36 bits per heavy atom. The molecule has 0 saturated carbocycles. The third-order valence-corrected chi connectivity index (χ3v) is 6.68. The van der Waals surface area contributed by atoms with Gasteiger partial charge in [0, 0.05) is 24.0 Å². The number of rotatable bonds is 7. The van der Waals surface area contributed by atoms with Crippen molar-refractivity contribution in [2.75, 3.05) is 32.0 Å². The highest BCUT2D eigenvalue weighted by atomic mass is 35.5. The van der Waals surface area contributed by atoms with Crippen molar-refractivity contribution < 1.29 is 17.9 Å². The van der Waals surface area contributed by atoms with Gasteiger partial charge in [0.25, 0.3) is 0 Å². The molecule has 1 aliphatic heterocycles. The summed E-state index contributed by atoms with van der Waals surface area (Å²) in [4.78, 5) is 12.2. The maximum atomic E-state index is 12.2. The Hall–Kier alpha value is -1.31. The third-order valence-electron chi connectivity index (χ3n) is 4.40. The molecule has 0 aromatic heterocycles. The van der Waals surface area contributed by atoms with Crippen molar-refractivity contribution in [1.82, 2.24) is 9.62 Å². The number of ether oxygens (including phenoxy) is 1. The molecular formula is C17H25ClN2O4S. The lowest BCUT2D eigenvalue weighted by molar-refractivity contribution is -0.126. The van der Waals surface area contributed by atoms with Gasteiger partial charge in [-0.25, -0.2) is 12.7 Å². The van der Waals surface area contributed by atoms with Crippen LogP contribution in [0.4, 0.5) is 0 Å². The maximum absolute atomic E-state index is 12.2. The number of hydrogen-bond donors (Lipinski definition) is 1. The van der Waals surface area contributed by atoms with E-state index in [0.29, 0.717) is 49.9 Å². The van der Waals surface area contributed by atoms with E-state index in [-0.39, 0.29) is 17.6 Å². The summed E-state index contributed by atoms with van der Waals surface area (Å²) in [6.45, 7) is 5.13. The molecular weight excluding hydrogens is 364 g/mol. The van der Waals surface area contributed by atoms with E-state index >= 15 is 0 Å². The van der Waals surface area contributed by atoms with E-state index in [2.05, 4.69) is 5.32 Å². The first-order valence-electron chi connectivity index (χ1n) is 8.48. The van der Waals surface area contributed by atoms with Gasteiger partial charge in [-0.2, -0.15) is 0 Å². The molecule has 140 valence electrons. The molecule has 1 N–H and O–H groups in total. The number of piperidine rings is 1. The molecule has 0 unspecified atom stereocenters. The van der Waals surface area contributed by atoms with Crippen molar-refractivity contribution in [2.24, 2.45) is 5.92 Å². The monoisotopic (exact) mass is 388 g/mol. The van der Waals surface area contributed by atoms with Gasteiger partial charge < -0.3 is 10.1 Å². The zero-order valence-electron chi connectivity index (χ0n) is 14.6. The number of halogens is 1. The first-order valence-corrected chi connectivity index (χ1v) is 10.5. The predicted molar refractivity (Wildman–Crippen MR) is 98.5 cm³/mol. The molecule has 1 amide bonds. The topological polar surface area (TPSA) is 75.7 Å². The van der Waals surface area contributed by atoms with Crippen LogP contribution in [0.5, 0.6) is 5.75 Å². The molecule has 2 rings (SSSR count). The highest BCUT2D eigenvalue weighted by Crippen LogP contribution is 2.22. The van der Waals surface area contributed by atoms with E-state index in [1.165, 1.54) is 4.31 Å². The number of sulfonamides is 1. The van der Waals surface area contributed by atoms with Crippen LogP contribution in [0.1, 0.15) is 25.3 Å². The quantitative estimate of drug-likeness (QED) is 0.726. The standard InChI is InChI=1S/C17H25ClN2O4S/c1-3-25(22,23)20-9-6-14(7-10-20)17(21)19-8-11-24-15-5-4-13(2)16(18)12-15/h4-5,12,14H,3,6-11H2,1-2H3,(H,19,21). The van der Waals surface area contributed by atoms with Crippen molar-refractivity contribution in [3.05, 3.63) is 28.8 Å². The smallest absolute Gasteiger partial charge is 0.223 e. The SMILES string of the molecule is CCS(=O)(=O)N1CCC(C(=O)NCCOc2ccc(C)c(Cl)c2)CC1. The van der Waals surface area contributed by atoms with Crippen molar-refractivity contribution >= 4 is 27.5 Å². The second-order valence-corrected chi connectivity index (χ2v) is 8.79. The molecule has 1 aliphatic rings. The maximum Gasteiger partial charge on any atom is 0.223 e. The average Bonchev–Trinajstić information content (AvgIpc) is 2.61. The lowest BCUT2D eigenvalue weighted by Gasteiger charge is -2.30. The number of benzene rings is 1. The number of nitrogens with zero attached hydrogens (tertiary/aromatic N) is 1. The first-order chi connectivity index (χ1) is 11.8. The highest BCUT2D eigenvalue weighted by molar-refractivity contribution is 7.89. The van der Waals surface area contributed by atoms with Gasteiger partial charge in [-0.15, -0.1) is 0 Å². The molecule has 0 aliphatic carbocycles. The Kier molecular flexibility index (Phi) is 7.10. The summed E-state index contributed by atoms with van der Waals surface area (Å²) in [5.74, 6) is 0.587. The molecule has 25 heavy (non-hydrogen) atoms. The van der Waals surface area contributed by atoms with Crippen LogP contribution >= 0.6 is 11.6 Å². The summed E-state index contributed by atoms with van der Waals surface area (Å²) in [7, 11) is -3.16. The Bertz CT molecular complexity index is 701. The van der Waals surface area contributed by atoms with Gasteiger partial charge in [-0.3, -0.25) is 4.79 Å². The molecule has 0 spiro atoms. The fraction of sp³-hybridized carbons (Fsp3) is 0.588. The Labute approximate surface area is 154 Å². The second-order valence-electron chi connectivity index (χ2n) is 6.12. The van der Waals surface area contributed by atoms with Crippen LogP contribution in [0, 0.1) is 12.8 Å². The van der Waals surface area contributed by atoms with Gasteiger partial charge >= 0.3 is 0 Å². The number of hydrogen-bond acceptors (Lipinski definition) is 4. The first kappa shape index (κ1) is 20.0. The van der Waals surface area contributed by atoms with E-state index in [9.17, 15) is 13.2 Å². The lowest BCUT2D eigenvalue weighted by atomic mass is 9.97. The van der Waals surface area contributed by atoms with Crippen molar-refractivity contribution in [3.8, 4) is 5.75 Å². The van der Waals surface area contributed by atoms with Gasteiger partial charge in [0.05, 0.1) is 12.3 Å². The van der Waals surface area contributed by atoms with Crippen LogP contribution in [0.25, 0.3) is 0 Å². The fourth-order valence-electron chi connectivity index (χ4n) is 2.73. The molecule has 1 saturated heterocycles. The van der Waals surface area contributed by atoms with Crippen LogP contribution < -0.4 is 10.1 Å². The van der Waals surface area contributed by atoms with Crippen LogP contribution in [0.2, 0.25) is 5.02 Å². The van der Waals surface area contributed by atoms with E-state index in [1.807, 2.05) is 19.1 Å². The molecule has 8 heteroatoms. The Balaban J connectivity index is 1.70. The molecule has 1 aromatic rings. The highest BCUT2D eigenvalue weighted by Gasteiger charge is 2.29. The molecule has 1 aromatic carbocycles. The Morgan fingerprint density at radius 3 is 2.64 bits per heavy atom. The molecule has 0 atom stereocenters. The molecule has 1 heterocycles. The summed E-state index contributed by atoms with van der Waals surface area (Å²) < 4.78 is 30.7. The minimum atomic E-state index is -3.16. The minimum Gasteiger partial charge on any atom is -0.492 e. The Morgan fingerprint density at radius 2 is 2.04 bits per heavy atom. The van der Waals surface area contributed by atoms with E-state index in [0.717, 1.165) is 5.56 Å². The lowest BCUT2D eigenvalue weighted by Crippen LogP contribution is -2.44. The van der Waals surface area contributed by atoms with Crippen molar-refractivity contribution in [2.45, 2.75) is 26.7 Å². The van der Waals surface area contributed by atoms with Gasteiger partial charge in [-0.05, 0) is 44.4 Å². The molecule has 0 bridgehead atoms. The van der Waals surface area contributed by atoms with Crippen molar-refractivity contribution in [3.63, 3.8) is 0 Å². The van der Waals surface area contributed by atoms with Crippen LogP contribution in [0.3, 0.4) is 0 Å². The second kappa shape index (κ2) is 8.87. The zero-order valence-corrected chi connectivity index (χ0v) is 16.2. The predicted octanol–water partition coefficient (Wildman–Crippen LogP) is 2.21. The normalized spacial score (nSPS) is 16.6. The summed E-state index contributed by atoms with van der Waals surface area (Å²) in [6.07, 6.45) is 1.11. The van der Waals surface area contributed by atoms with E-state index < -0.39 is 10.0 Å². The van der Waals surface area contributed by atoms with Crippen LogP contribution in [0.15, 0.2) is 18.2 Å². The minimum absolute atomic E-state index is 0.0425. The zero-order chi connectivity index (χ0) is 18.4. The molecule has 0 radical (unpaired) electrons. The van der Waals surface area contributed by atoms with Crippen LogP contribution in [-0.2, 0) is 14.8 Å². The van der Waals surface area contributed by atoms with Gasteiger partial charge in [0.1, 0.15) is 12.4 Å². The van der Waals surface area contributed by atoms with E-state index in [4.69, 9.17) is 16.3 Å².